The van der Waals surface area contributed by atoms with E-state index in [0.29, 0.717) is 16.8 Å². The molecule has 8 heteroatoms. The zero-order valence-corrected chi connectivity index (χ0v) is 19.0. The van der Waals surface area contributed by atoms with Crippen LogP contribution in [0.2, 0.25) is 0 Å². The number of amides is 4. The van der Waals surface area contributed by atoms with E-state index in [0.717, 1.165) is 20.9 Å². The van der Waals surface area contributed by atoms with Crippen molar-refractivity contribution in [2.24, 2.45) is 0 Å². The Balaban J connectivity index is 1.29. The number of benzene rings is 3. The first kappa shape index (κ1) is 22.2. The third-order valence-corrected chi connectivity index (χ3v) is 6.15. The van der Waals surface area contributed by atoms with Gasteiger partial charge in [-0.05, 0) is 61.4 Å². The third-order valence-electron chi connectivity index (χ3n) is 6.15. The molecule has 8 nitrogen and oxygen atoms in total. The smallest absolute Gasteiger partial charge is 0.338 e. The van der Waals surface area contributed by atoms with Gasteiger partial charge in [0.15, 0.2) is 0 Å². The minimum atomic E-state index is -0.727. The van der Waals surface area contributed by atoms with Gasteiger partial charge in [-0.2, -0.15) is 0 Å². The van der Waals surface area contributed by atoms with Crippen LogP contribution in [-0.2, 0) is 4.74 Å². The molecular weight excluding hydrogens is 448 g/mol. The van der Waals surface area contributed by atoms with E-state index in [4.69, 9.17) is 4.74 Å². The van der Waals surface area contributed by atoms with Crippen LogP contribution in [0.25, 0.3) is 0 Å². The molecule has 0 aliphatic carbocycles. The largest absolute Gasteiger partial charge is 0.460 e. The van der Waals surface area contributed by atoms with E-state index in [1.165, 1.54) is 18.2 Å². The van der Waals surface area contributed by atoms with Crippen LogP contribution in [0.5, 0.6) is 0 Å². The molecule has 35 heavy (non-hydrogen) atoms. The molecule has 2 heterocycles. The van der Waals surface area contributed by atoms with Crippen LogP contribution in [0, 0.1) is 13.8 Å². The summed E-state index contributed by atoms with van der Waals surface area (Å²) >= 11 is 0. The molecule has 0 bridgehead atoms. The number of imide groups is 2. The molecule has 174 valence electrons. The van der Waals surface area contributed by atoms with E-state index < -0.39 is 29.6 Å². The molecule has 2 aliphatic rings. The number of hydrogen-bond donors (Lipinski definition) is 0. The van der Waals surface area contributed by atoms with Crippen LogP contribution in [0.1, 0.15) is 62.9 Å². The van der Waals surface area contributed by atoms with Crippen LogP contribution >= 0.6 is 0 Å². The van der Waals surface area contributed by atoms with Crippen LogP contribution in [-0.4, -0.2) is 47.6 Å². The Kier molecular flexibility index (Phi) is 5.28. The molecule has 3 aromatic rings. The number of anilines is 1. The molecule has 0 saturated carbocycles. The van der Waals surface area contributed by atoms with Gasteiger partial charge in [-0.3, -0.25) is 24.1 Å². The number of carbonyl (C=O) groups is 5. The van der Waals surface area contributed by atoms with Crippen molar-refractivity contribution < 1.29 is 28.7 Å². The summed E-state index contributed by atoms with van der Waals surface area (Å²) in [5.41, 5.74) is 3.24. The van der Waals surface area contributed by atoms with Gasteiger partial charge in [0, 0.05) is 0 Å². The van der Waals surface area contributed by atoms with Gasteiger partial charge in [0.2, 0.25) is 0 Å². The summed E-state index contributed by atoms with van der Waals surface area (Å²) in [6.45, 7) is 3.39. The molecule has 0 N–H and O–H groups in total. The van der Waals surface area contributed by atoms with Gasteiger partial charge < -0.3 is 4.74 Å². The second-order valence-corrected chi connectivity index (χ2v) is 8.44. The Hall–Kier alpha value is -4.59. The van der Waals surface area contributed by atoms with Crippen LogP contribution in [0.3, 0.4) is 0 Å². The number of fused-ring (bicyclic) bond motifs is 2. The van der Waals surface area contributed by atoms with Crippen molar-refractivity contribution in [3.63, 3.8) is 0 Å². The highest BCUT2D eigenvalue weighted by Gasteiger charge is 2.38. The lowest BCUT2D eigenvalue weighted by Gasteiger charge is -2.17. The fourth-order valence-corrected chi connectivity index (χ4v) is 4.30. The molecular formula is C27H20N2O6. The summed E-state index contributed by atoms with van der Waals surface area (Å²) in [5, 5.41) is 0. The van der Waals surface area contributed by atoms with E-state index in [9.17, 15) is 24.0 Å². The monoisotopic (exact) mass is 468 g/mol. The number of rotatable bonds is 5. The maximum Gasteiger partial charge on any atom is 0.338 e. The van der Waals surface area contributed by atoms with Gasteiger partial charge >= 0.3 is 5.97 Å². The number of ether oxygens (including phenoxy) is 1. The summed E-state index contributed by atoms with van der Waals surface area (Å²) in [6.07, 6.45) is 0. The highest BCUT2D eigenvalue weighted by atomic mass is 16.5. The van der Waals surface area contributed by atoms with Crippen molar-refractivity contribution in [3.8, 4) is 0 Å². The van der Waals surface area contributed by atoms with Crippen molar-refractivity contribution in [1.82, 2.24) is 4.90 Å². The Morgan fingerprint density at radius 1 is 0.743 bits per heavy atom. The molecule has 3 aromatic carbocycles. The fourth-order valence-electron chi connectivity index (χ4n) is 4.30. The first-order chi connectivity index (χ1) is 16.8. The predicted molar refractivity (Wildman–Crippen MR) is 126 cm³/mol. The lowest BCUT2D eigenvalue weighted by Crippen LogP contribution is -2.33. The SMILES string of the molecule is Cc1ccc(C)c(N2C(=O)c3ccc(C(=O)OCCN4C(=O)c5ccccc5C4=O)cc3C2=O)c1. The van der Waals surface area contributed by atoms with Gasteiger partial charge in [0.05, 0.1) is 40.0 Å². The second-order valence-electron chi connectivity index (χ2n) is 8.44. The number of hydrogen-bond acceptors (Lipinski definition) is 6. The van der Waals surface area contributed by atoms with Crippen molar-refractivity contribution in [2.45, 2.75) is 13.8 Å². The number of nitrogens with zero attached hydrogens (tertiary/aromatic N) is 2. The van der Waals surface area contributed by atoms with Crippen molar-refractivity contribution in [1.29, 1.82) is 0 Å². The van der Waals surface area contributed by atoms with Gasteiger partial charge in [0.1, 0.15) is 6.61 Å². The van der Waals surface area contributed by atoms with E-state index in [1.54, 1.807) is 30.3 Å². The average molecular weight is 468 g/mol. The Morgan fingerprint density at radius 3 is 2.06 bits per heavy atom. The molecule has 4 amide bonds. The lowest BCUT2D eigenvalue weighted by atomic mass is 10.1. The van der Waals surface area contributed by atoms with Crippen LogP contribution in [0.4, 0.5) is 5.69 Å². The molecule has 0 aromatic heterocycles. The number of carbonyl (C=O) groups excluding carboxylic acids is 5. The number of aryl methyl sites for hydroxylation is 2. The van der Waals surface area contributed by atoms with Gasteiger partial charge in [-0.15, -0.1) is 0 Å². The zero-order valence-electron chi connectivity index (χ0n) is 19.0. The van der Waals surface area contributed by atoms with Crippen LogP contribution in [0.15, 0.2) is 60.7 Å². The Morgan fingerprint density at radius 2 is 1.37 bits per heavy atom. The molecule has 5 rings (SSSR count). The molecule has 0 spiro atoms. The molecule has 0 unspecified atom stereocenters. The van der Waals surface area contributed by atoms with E-state index in [2.05, 4.69) is 0 Å². The minimum Gasteiger partial charge on any atom is -0.460 e. The summed E-state index contributed by atoms with van der Waals surface area (Å²) in [7, 11) is 0. The quantitative estimate of drug-likeness (QED) is 0.419. The fraction of sp³-hybridized carbons (Fsp3) is 0.148. The van der Waals surface area contributed by atoms with E-state index in [-0.39, 0.29) is 29.8 Å². The number of esters is 1. The average Bonchev–Trinajstić information content (AvgIpc) is 3.25. The van der Waals surface area contributed by atoms with Crippen LogP contribution < -0.4 is 4.90 Å². The summed E-state index contributed by atoms with van der Waals surface area (Å²) in [6, 6.07) is 16.2. The van der Waals surface area contributed by atoms with E-state index in [1.807, 2.05) is 26.0 Å². The standard InChI is InChI=1S/C27H20N2O6/c1-15-7-8-16(2)22(13-15)29-25(32)20-10-9-17(14-21(20)26(29)33)27(34)35-12-11-28-23(30)18-5-3-4-6-19(18)24(28)31/h3-10,13-14H,11-12H2,1-2H3. The Labute approximate surface area is 200 Å². The summed E-state index contributed by atoms with van der Waals surface area (Å²) in [4.78, 5) is 65.7. The maximum absolute atomic E-state index is 13.1. The maximum atomic E-state index is 13.1. The van der Waals surface area contributed by atoms with E-state index >= 15 is 0 Å². The highest BCUT2D eigenvalue weighted by molar-refractivity contribution is 6.35. The zero-order chi connectivity index (χ0) is 24.9. The highest BCUT2D eigenvalue weighted by Crippen LogP contribution is 2.32. The van der Waals surface area contributed by atoms with Gasteiger partial charge in [0.25, 0.3) is 23.6 Å². The van der Waals surface area contributed by atoms with Gasteiger partial charge in [-0.25, -0.2) is 9.69 Å². The first-order valence-electron chi connectivity index (χ1n) is 11.0. The Bertz CT molecular complexity index is 1420. The third kappa shape index (κ3) is 3.59. The van der Waals surface area contributed by atoms with Crippen molar-refractivity contribution >= 4 is 35.3 Å². The predicted octanol–water partition coefficient (Wildman–Crippen LogP) is 3.56. The molecule has 0 atom stereocenters. The summed E-state index contributed by atoms with van der Waals surface area (Å²) in [5.74, 6) is -2.57. The lowest BCUT2D eigenvalue weighted by molar-refractivity contribution is 0.0420. The summed E-state index contributed by atoms with van der Waals surface area (Å²) < 4.78 is 5.26. The molecule has 0 fully saturated rings. The molecule has 0 saturated heterocycles. The topological polar surface area (TPSA) is 101 Å². The second kappa shape index (κ2) is 8.32. The normalized spacial score (nSPS) is 14.5. The molecule has 2 aliphatic heterocycles. The first-order valence-corrected chi connectivity index (χ1v) is 11.0. The van der Waals surface area contributed by atoms with Gasteiger partial charge in [-0.1, -0.05) is 24.3 Å². The molecule has 0 radical (unpaired) electrons. The minimum absolute atomic E-state index is 0.0927. The van der Waals surface area contributed by atoms with Crippen molar-refractivity contribution in [2.75, 3.05) is 18.1 Å². The van der Waals surface area contributed by atoms with Crippen molar-refractivity contribution in [3.05, 3.63) is 99.6 Å².